The topological polar surface area (TPSA) is 30.7 Å². The maximum atomic E-state index is 5.48. The van der Waals surface area contributed by atoms with Gasteiger partial charge in [0, 0.05) is 38.2 Å². The summed E-state index contributed by atoms with van der Waals surface area (Å²) in [5.41, 5.74) is 14.6. The Morgan fingerprint density at radius 2 is 1.22 bits per heavy atom. The highest BCUT2D eigenvalue weighted by Crippen LogP contribution is 2.53. The van der Waals surface area contributed by atoms with E-state index in [4.69, 9.17) is 9.97 Å². The average molecular weight is 646 g/mol. The molecule has 234 valence electrons. The molecule has 0 radical (unpaired) electrons. The van der Waals surface area contributed by atoms with Crippen molar-refractivity contribution < 1.29 is 0 Å². The van der Waals surface area contributed by atoms with Crippen LogP contribution in [0.4, 0.5) is 0 Å². The molecule has 0 atom stereocenters. The molecule has 10 rings (SSSR count). The SMILES string of the molecule is CC1(C)c2ccccc2-c2c1ccc1c2c2ccccc2n1-c1ccccc1-c1nc(-c2ccccc2)nc2c1-c1ccccc1[Si]2(C)C. The Bertz CT molecular complexity index is 2660. The van der Waals surface area contributed by atoms with E-state index in [1.165, 1.54) is 65.7 Å². The van der Waals surface area contributed by atoms with Gasteiger partial charge in [0.05, 0.1) is 22.4 Å². The van der Waals surface area contributed by atoms with E-state index in [9.17, 15) is 0 Å². The number of hydrogen-bond acceptors (Lipinski definition) is 2. The molecular formula is C45H35N3Si. The van der Waals surface area contributed by atoms with Crippen LogP contribution in [-0.4, -0.2) is 22.6 Å². The fraction of sp³-hybridized carbons (Fsp3) is 0.111. The molecule has 0 spiro atoms. The Balaban J connectivity index is 1.32. The largest absolute Gasteiger partial charge is 0.309 e. The van der Waals surface area contributed by atoms with E-state index in [2.05, 4.69) is 171 Å². The van der Waals surface area contributed by atoms with Gasteiger partial charge in [-0.2, -0.15) is 0 Å². The van der Waals surface area contributed by atoms with Crippen molar-refractivity contribution in [3.8, 4) is 50.6 Å². The van der Waals surface area contributed by atoms with Gasteiger partial charge in [0.15, 0.2) is 5.82 Å². The summed E-state index contributed by atoms with van der Waals surface area (Å²) in [6, 6.07) is 50.8. The molecule has 0 saturated carbocycles. The molecule has 0 N–H and O–H groups in total. The van der Waals surface area contributed by atoms with Crippen LogP contribution in [0.15, 0.2) is 140 Å². The van der Waals surface area contributed by atoms with E-state index < -0.39 is 8.07 Å². The lowest BCUT2D eigenvalue weighted by molar-refractivity contribution is 0.661. The van der Waals surface area contributed by atoms with Crippen molar-refractivity contribution in [1.29, 1.82) is 0 Å². The number of nitrogens with zero attached hydrogens (tertiary/aromatic N) is 3. The highest BCUT2D eigenvalue weighted by Gasteiger charge is 2.42. The quantitative estimate of drug-likeness (QED) is 0.179. The zero-order valence-corrected chi connectivity index (χ0v) is 29.1. The average Bonchev–Trinajstić information content (AvgIpc) is 3.69. The number of para-hydroxylation sites is 2. The first-order valence-corrected chi connectivity index (χ1v) is 20.2. The summed E-state index contributed by atoms with van der Waals surface area (Å²) in [6.07, 6.45) is 0. The van der Waals surface area contributed by atoms with Crippen molar-refractivity contribution in [2.45, 2.75) is 32.4 Å². The summed E-state index contributed by atoms with van der Waals surface area (Å²) >= 11 is 0. The second-order valence-electron chi connectivity index (χ2n) is 14.6. The van der Waals surface area contributed by atoms with Gasteiger partial charge in [-0.1, -0.05) is 148 Å². The molecule has 3 nitrogen and oxygen atoms in total. The lowest BCUT2D eigenvalue weighted by Gasteiger charge is -2.21. The van der Waals surface area contributed by atoms with Gasteiger partial charge in [-0.05, 0) is 51.2 Å². The van der Waals surface area contributed by atoms with E-state index >= 15 is 0 Å². The van der Waals surface area contributed by atoms with Crippen molar-refractivity contribution in [2.24, 2.45) is 0 Å². The van der Waals surface area contributed by atoms with Crippen LogP contribution in [0.25, 0.3) is 72.4 Å². The second-order valence-corrected chi connectivity index (χ2v) is 18.8. The number of fused-ring (bicyclic) bond motifs is 10. The van der Waals surface area contributed by atoms with Crippen LogP contribution < -0.4 is 10.5 Å². The standard InChI is InChI=1S/C45H35N3Si/c1-45(2)33-22-12-8-18-29(33)39-34(45)26-27-37-40(39)30-19-9-13-23-35(30)48(37)36-24-14-10-20-31(36)42-41-32-21-11-15-25-38(32)49(3,4)44(41)47-43(46-42)28-16-6-5-7-17-28/h5-27H,1-4H3. The van der Waals surface area contributed by atoms with Gasteiger partial charge in [0.2, 0.25) is 0 Å². The molecular weight excluding hydrogens is 611 g/mol. The molecule has 6 aromatic carbocycles. The smallest absolute Gasteiger partial charge is 0.159 e. The fourth-order valence-corrected chi connectivity index (χ4v) is 11.7. The molecule has 0 bridgehead atoms. The predicted octanol–water partition coefficient (Wildman–Crippen LogP) is 10.0. The number of hydrogen-bond donors (Lipinski definition) is 0. The van der Waals surface area contributed by atoms with Gasteiger partial charge in [0.1, 0.15) is 8.07 Å². The Morgan fingerprint density at radius 3 is 2.06 bits per heavy atom. The molecule has 1 aliphatic carbocycles. The molecule has 0 fully saturated rings. The molecule has 4 heteroatoms. The van der Waals surface area contributed by atoms with Crippen molar-refractivity contribution >= 4 is 40.4 Å². The first kappa shape index (κ1) is 28.4. The first-order valence-electron chi connectivity index (χ1n) is 17.2. The lowest BCUT2D eigenvalue weighted by atomic mass is 9.82. The van der Waals surface area contributed by atoms with Crippen LogP contribution in [0.2, 0.25) is 13.1 Å². The summed E-state index contributed by atoms with van der Waals surface area (Å²) in [5.74, 6) is 0.788. The van der Waals surface area contributed by atoms with Crippen LogP contribution >= 0.6 is 0 Å². The molecule has 0 amide bonds. The highest BCUT2D eigenvalue weighted by atomic mass is 28.3. The van der Waals surface area contributed by atoms with E-state index in [0.29, 0.717) is 0 Å². The number of rotatable bonds is 3. The van der Waals surface area contributed by atoms with Gasteiger partial charge in [-0.25, -0.2) is 9.97 Å². The van der Waals surface area contributed by atoms with E-state index in [-0.39, 0.29) is 5.41 Å². The molecule has 49 heavy (non-hydrogen) atoms. The van der Waals surface area contributed by atoms with Crippen molar-refractivity contribution in [3.05, 3.63) is 151 Å². The fourth-order valence-electron chi connectivity index (χ4n) is 8.83. The van der Waals surface area contributed by atoms with Crippen LogP contribution in [-0.2, 0) is 5.41 Å². The maximum absolute atomic E-state index is 5.48. The van der Waals surface area contributed by atoms with Crippen LogP contribution in [0.5, 0.6) is 0 Å². The summed E-state index contributed by atoms with van der Waals surface area (Å²) in [6.45, 7) is 9.59. The van der Waals surface area contributed by atoms with E-state index in [1.54, 1.807) is 0 Å². The Kier molecular flexibility index (Phi) is 5.79. The molecule has 0 unspecified atom stereocenters. The number of aromatic nitrogens is 3. The molecule has 0 saturated heterocycles. The van der Waals surface area contributed by atoms with Crippen LogP contribution in [0.3, 0.4) is 0 Å². The Hall–Kier alpha value is -5.58. The summed E-state index contributed by atoms with van der Waals surface area (Å²) < 4.78 is 2.48. The third-order valence-corrected chi connectivity index (χ3v) is 14.5. The normalized spacial score (nSPS) is 14.9. The molecule has 2 aromatic heterocycles. The van der Waals surface area contributed by atoms with Crippen LogP contribution in [0.1, 0.15) is 25.0 Å². The third-order valence-electron chi connectivity index (χ3n) is 11.2. The minimum absolute atomic E-state index is 0.0688. The minimum atomic E-state index is -2.10. The highest BCUT2D eigenvalue weighted by molar-refractivity contribution is 7.03. The first-order chi connectivity index (χ1) is 23.9. The Labute approximate surface area is 287 Å². The zero-order chi connectivity index (χ0) is 33.1. The summed E-state index contributed by atoms with van der Waals surface area (Å²) in [7, 11) is -2.10. The molecule has 8 aromatic rings. The van der Waals surface area contributed by atoms with Gasteiger partial charge < -0.3 is 4.57 Å². The van der Waals surface area contributed by atoms with Gasteiger partial charge in [0.25, 0.3) is 0 Å². The van der Waals surface area contributed by atoms with E-state index in [0.717, 1.165) is 28.3 Å². The molecule has 2 aliphatic rings. The monoisotopic (exact) mass is 645 g/mol. The van der Waals surface area contributed by atoms with Gasteiger partial charge in [-0.15, -0.1) is 0 Å². The van der Waals surface area contributed by atoms with Crippen LogP contribution in [0, 0.1) is 0 Å². The lowest BCUT2D eigenvalue weighted by Crippen LogP contribution is -2.50. The Morgan fingerprint density at radius 1 is 0.551 bits per heavy atom. The number of benzene rings is 6. The molecule has 1 aliphatic heterocycles. The maximum Gasteiger partial charge on any atom is 0.159 e. The minimum Gasteiger partial charge on any atom is -0.309 e. The zero-order valence-electron chi connectivity index (χ0n) is 28.1. The summed E-state index contributed by atoms with van der Waals surface area (Å²) in [5, 5.41) is 5.23. The van der Waals surface area contributed by atoms with Gasteiger partial charge >= 0.3 is 0 Å². The molecule has 3 heterocycles. The van der Waals surface area contributed by atoms with Crippen molar-refractivity contribution in [3.63, 3.8) is 0 Å². The second kappa shape index (κ2) is 9.97. The predicted molar refractivity (Wildman–Crippen MR) is 207 cm³/mol. The van der Waals surface area contributed by atoms with Crippen molar-refractivity contribution in [2.75, 3.05) is 0 Å². The third kappa shape index (κ3) is 3.78. The van der Waals surface area contributed by atoms with E-state index in [1.807, 2.05) is 0 Å². The van der Waals surface area contributed by atoms with Crippen molar-refractivity contribution in [1.82, 2.24) is 14.5 Å². The van der Waals surface area contributed by atoms with Gasteiger partial charge in [-0.3, -0.25) is 0 Å². The summed E-state index contributed by atoms with van der Waals surface area (Å²) in [4.78, 5) is 10.9.